The number of carboxylic acids is 1. The summed E-state index contributed by atoms with van der Waals surface area (Å²) in [5, 5.41) is 10.4. The van der Waals surface area contributed by atoms with E-state index >= 15 is 0 Å². The van der Waals surface area contributed by atoms with E-state index in [0.717, 1.165) is 44.0 Å². The summed E-state index contributed by atoms with van der Waals surface area (Å²) in [4.78, 5) is 16.3. The lowest BCUT2D eigenvalue weighted by atomic mass is 9.71. The van der Waals surface area contributed by atoms with Crippen LogP contribution in [0.15, 0.2) is 24.3 Å². The molecule has 22 heavy (non-hydrogen) atoms. The number of rotatable bonds is 3. The zero-order valence-corrected chi connectivity index (χ0v) is 13.7. The molecule has 2 heterocycles. The minimum absolute atomic E-state index is 0.0508. The van der Waals surface area contributed by atoms with Gasteiger partial charge in [-0.25, -0.2) is 0 Å². The second-order valence-corrected chi connectivity index (χ2v) is 7.29. The number of nitrogens with zero attached hydrogens (tertiary/aromatic N) is 2. The maximum atomic E-state index is 11.7. The van der Waals surface area contributed by atoms with Crippen molar-refractivity contribution in [3.8, 4) is 0 Å². The number of likely N-dealkylation sites (tertiary alicyclic amines) is 2. The quantitative estimate of drug-likeness (QED) is 0.929. The number of halogens is 1. The van der Waals surface area contributed by atoms with Crippen LogP contribution in [0.2, 0.25) is 5.02 Å². The summed E-state index contributed by atoms with van der Waals surface area (Å²) in [6.45, 7) is 4.35. The Labute approximate surface area is 136 Å². The van der Waals surface area contributed by atoms with Crippen molar-refractivity contribution in [3.63, 3.8) is 0 Å². The fraction of sp³-hybridized carbons (Fsp3) is 0.588. The molecule has 2 saturated heterocycles. The van der Waals surface area contributed by atoms with E-state index in [1.165, 1.54) is 5.56 Å². The normalized spacial score (nSPS) is 25.6. The average Bonchev–Trinajstić information content (AvgIpc) is 2.83. The molecule has 3 rings (SSSR count). The second kappa shape index (κ2) is 6.19. The standard InChI is InChI=1S/C17H23ClN2O2/c1-19-8-6-17(7-9-19)12-20(11-15(17)16(21)22)10-13-2-4-14(18)5-3-13/h2-5,15H,6-12H2,1H3,(H,21,22)/t15-/m0/s1. The zero-order chi connectivity index (χ0) is 15.7. The Morgan fingerprint density at radius 3 is 2.55 bits per heavy atom. The monoisotopic (exact) mass is 322 g/mol. The summed E-state index contributed by atoms with van der Waals surface area (Å²) in [5.74, 6) is -0.878. The lowest BCUT2D eigenvalue weighted by Crippen LogP contribution is -2.44. The third-order valence-corrected chi connectivity index (χ3v) is 5.57. The predicted molar refractivity (Wildman–Crippen MR) is 87.0 cm³/mol. The van der Waals surface area contributed by atoms with Crippen LogP contribution in [0.1, 0.15) is 18.4 Å². The van der Waals surface area contributed by atoms with Crippen molar-refractivity contribution in [2.24, 2.45) is 11.3 Å². The Balaban J connectivity index is 1.73. The van der Waals surface area contributed by atoms with Gasteiger partial charge in [0.25, 0.3) is 0 Å². The SMILES string of the molecule is CN1CCC2(CC1)CN(Cc1ccc(Cl)cc1)C[C@H]2C(=O)O. The number of piperidine rings is 1. The van der Waals surface area contributed by atoms with Crippen molar-refractivity contribution >= 4 is 17.6 Å². The molecule has 4 nitrogen and oxygen atoms in total. The molecule has 0 amide bonds. The molecule has 1 aromatic carbocycles. The summed E-state index contributed by atoms with van der Waals surface area (Å²) < 4.78 is 0. The Morgan fingerprint density at radius 2 is 1.95 bits per heavy atom. The molecular formula is C17H23ClN2O2. The Kier molecular flexibility index (Phi) is 4.44. The van der Waals surface area contributed by atoms with Crippen LogP contribution in [-0.2, 0) is 11.3 Å². The van der Waals surface area contributed by atoms with Crippen LogP contribution < -0.4 is 0 Å². The van der Waals surface area contributed by atoms with E-state index < -0.39 is 5.97 Å². The van der Waals surface area contributed by atoms with Crippen LogP contribution in [0.4, 0.5) is 0 Å². The molecule has 2 aliphatic heterocycles. The predicted octanol–water partition coefficient (Wildman–Crippen LogP) is 2.57. The molecule has 2 fully saturated rings. The lowest BCUT2D eigenvalue weighted by molar-refractivity contribution is -0.145. The highest BCUT2D eigenvalue weighted by Crippen LogP contribution is 2.45. The van der Waals surface area contributed by atoms with E-state index in [4.69, 9.17) is 11.6 Å². The van der Waals surface area contributed by atoms with Crippen LogP contribution in [0.25, 0.3) is 0 Å². The minimum atomic E-state index is -0.636. The first-order chi connectivity index (χ1) is 10.5. The summed E-state index contributed by atoms with van der Waals surface area (Å²) in [5.41, 5.74) is 1.14. The number of aliphatic carboxylic acids is 1. The van der Waals surface area contributed by atoms with Crippen LogP contribution >= 0.6 is 11.6 Å². The maximum Gasteiger partial charge on any atom is 0.308 e. The average molecular weight is 323 g/mol. The third kappa shape index (κ3) is 3.14. The fourth-order valence-corrected chi connectivity index (χ4v) is 4.08. The largest absolute Gasteiger partial charge is 0.481 e. The highest BCUT2D eigenvalue weighted by molar-refractivity contribution is 6.30. The number of hydrogen-bond donors (Lipinski definition) is 1. The smallest absolute Gasteiger partial charge is 0.308 e. The van der Waals surface area contributed by atoms with Crippen molar-refractivity contribution in [2.75, 3.05) is 33.2 Å². The number of benzene rings is 1. The van der Waals surface area contributed by atoms with Gasteiger partial charge in [-0.3, -0.25) is 9.69 Å². The van der Waals surface area contributed by atoms with Gasteiger partial charge in [-0.1, -0.05) is 23.7 Å². The fourth-order valence-electron chi connectivity index (χ4n) is 3.95. The molecular weight excluding hydrogens is 300 g/mol. The van der Waals surface area contributed by atoms with Crippen LogP contribution in [0, 0.1) is 11.3 Å². The van der Waals surface area contributed by atoms with Crippen molar-refractivity contribution in [1.29, 1.82) is 0 Å². The number of carbonyl (C=O) groups is 1. The first-order valence-electron chi connectivity index (χ1n) is 7.87. The first kappa shape index (κ1) is 15.8. The summed E-state index contributed by atoms with van der Waals surface area (Å²) in [6, 6.07) is 7.84. The Hall–Kier alpha value is -1.10. The minimum Gasteiger partial charge on any atom is -0.481 e. The Bertz CT molecular complexity index is 538. The lowest BCUT2D eigenvalue weighted by Gasteiger charge is -2.40. The van der Waals surface area contributed by atoms with Crippen LogP contribution in [-0.4, -0.2) is 54.1 Å². The highest BCUT2D eigenvalue weighted by atomic mass is 35.5. The van der Waals surface area contributed by atoms with Gasteiger partial charge in [-0.05, 0) is 50.7 Å². The van der Waals surface area contributed by atoms with Gasteiger partial charge >= 0.3 is 5.97 Å². The molecule has 0 aliphatic carbocycles. The first-order valence-corrected chi connectivity index (χ1v) is 8.24. The second-order valence-electron chi connectivity index (χ2n) is 6.85. The molecule has 0 aromatic heterocycles. The van der Waals surface area contributed by atoms with Crippen molar-refractivity contribution in [2.45, 2.75) is 19.4 Å². The molecule has 0 radical (unpaired) electrons. The number of carboxylic acid groups (broad SMARTS) is 1. The molecule has 0 unspecified atom stereocenters. The molecule has 0 bridgehead atoms. The van der Waals surface area contributed by atoms with Crippen molar-refractivity contribution in [1.82, 2.24) is 9.80 Å². The van der Waals surface area contributed by atoms with Gasteiger partial charge in [0.05, 0.1) is 5.92 Å². The molecule has 1 spiro atoms. The van der Waals surface area contributed by atoms with Crippen LogP contribution in [0.3, 0.4) is 0 Å². The van der Waals surface area contributed by atoms with Crippen LogP contribution in [0.5, 0.6) is 0 Å². The van der Waals surface area contributed by atoms with Gasteiger partial charge in [-0.15, -0.1) is 0 Å². The van der Waals surface area contributed by atoms with E-state index in [-0.39, 0.29) is 11.3 Å². The molecule has 2 aliphatic rings. The van der Waals surface area contributed by atoms with E-state index in [2.05, 4.69) is 16.8 Å². The molecule has 120 valence electrons. The third-order valence-electron chi connectivity index (χ3n) is 5.32. The highest BCUT2D eigenvalue weighted by Gasteiger charge is 2.50. The Morgan fingerprint density at radius 1 is 1.32 bits per heavy atom. The summed E-state index contributed by atoms with van der Waals surface area (Å²) >= 11 is 5.93. The molecule has 1 N–H and O–H groups in total. The summed E-state index contributed by atoms with van der Waals surface area (Å²) in [7, 11) is 2.11. The van der Waals surface area contributed by atoms with Gasteiger partial charge in [0.15, 0.2) is 0 Å². The van der Waals surface area contributed by atoms with E-state index in [1.54, 1.807) is 0 Å². The van der Waals surface area contributed by atoms with Crippen molar-refractivity contribution < 1.29 is 9.90 Å². The van der Waals surface area contributed by atoms with Gasteiger partial charge in [0, 0.05) is 30.1 Å². The van der Waals surface area contributed by atoms with Crippen molar-refractivity contribution in [3.05, 3.63) is 34.9 Å². The van der Waals surface area contributed by atoms with Gasteiger partial charge in [0.2, 0.25) is 0 Å². The van der Waals surface area contributed by atoms with Gasteiger partial charge < -0.3 is 10.0 Å². The van der Waals surface area contributed by atoms with E-state index in [1.807, 2.05) is 24.3 Å². The number of hydrogen-bond acceptors (Lipinski definition) is 3. The van der Waals surface area contributed by atoms with Gasteiger partial charge in [-0.2, -0.15) is 0 Å². The van der Waals surface area contributed by atoms with E-state index in [9.17, 15) is 9.90 Å². The zero-order valence-electron chi connectivity index (χ0n) is 13.0. The molecule has 1 atom stereocenters. The maximum absolute atomic E-state index is 11.7. The van der Waals surface area contributed by atoms with Gasteiger partial charge in [0.1, 0.15) is 0 Å². The van der Waals surface area contributed by atoms with E-state index in [0.29, 0.717) is 6.54 Å². The summed E-state index contributed by atoms with van der Waals surface area (Å²) in [6.07, 6.45) is 1.97. The molecule has 5 heteroatoms. The molecule has 1 aromatic rings. The topological polar surface area (TPSA) is 43.8 Å². The molecule has 0 saturated carbocycles.